The number of alkyl halides is 3. The van der Waals surface area contributed by atoms with Gasteiger partial charge in [0.25, 0.3) is 11.7 Å². The Morgan fingerprint density at radius 3 is 2.26 bits per heavy atom. The predicted octanol–water partition coefficient (Wildman–Crippen LogP) is 5.96. The van der Waals surface area contributed by atoms with Crippen molar-refractivity contribution >= 4 is 17.4 Å². The molecule has 1 atom stereocenters. The van der Waals surface area contributed by atoms with Crippen molar-refractivity contribution in [1.29, 1.82) is 0 Å². The van der Waals surface area contributed by atoms with E-state index < -0.39 is 35.2 Å². The summed E-state index contributed by atoms with van der Waals surface area (Å²) in [6.45, 7) is 3.32. The van der Waals surface area contributed by atoms with Gasteiger partial charge in [-0.2, -0.15) is 13.2 Å². The monoisotopic (exact) mass is 525 g/mol. The molecule has 0 aromatic heterocycles. The number of carbonyl (C=O) groups excluding carboxylic acids is 2. The first-order chi connectivity index (χ1) is 18.0. The lowest BCUT2D eigenvalue weighted by Gasteiger charge is -2.26. The van der Waals surface area contributed by atoms with Crippen LogP contribution in [0.4, 0.5) is 13.2 Å². The topological polar surface area (TPSA) is 76.1 Å². The number of aliphatic hydroxyl groups excluding tert-OH is 1. The number of rotatable bonds is 6. The second-order valence-electron chi connectivity index (χ2n) is 9.06. The van der Waals surface area contributed by atoms with Crippen molar-refractivity contribution in [3.8, 4) is 11.5 Å². The molecule has 198 valence electrons. The molecule has 3 aromatic rings. The summed E-state index contributed by atoms with van der Waals surface area (Å²) >= 11 is 0. The van der Waals surface area contributed by atoms with Crippen LogP contribution in [0, 0.1) is 13.8 Å². The average molecular weight is 526 g/mol. The SMILES string of the molecule is COc1ccc(C2/C(=C(\O)c3cc(C)cc(C)c3OC)C(=O)C(=O)N2Cc2cccc(C(F)(F)F)c2)cc1. The first kappa shape index (κ1) is 26.8. The van der Waals surface area contributed by atoms with E-state index >= 15 is 0 Å². The highest BCUT2D eigenvalue weighted by Gasteiger charge is 2.46. The number of benzene rings is 3. The van der Waals surface area contributed by atoms with Crippen molar-refractivity contribution in [2.45, 2.75) is 32.6 Å². The molecule has 1 unspecified atom stereocenters. The van der Waals surface area contributed by atoms with Gasteiger partial charge < -0.3 is 19.5 Å². The van der Waals surface area contributed by atoms with E-state index in [1.807, 2.05) is 13.0 Å². The van der Waals surface area contributed by atoms with Gasteiger partial charge in [-0.3, -0.25) is 9.59 Å². The molecule has 1 aliphatic heterocycles. The highest BCUT2D eigenvalue weighted by Crippen LogP contribution is 2.43. The summed E-state index contributed by atoms with van der Waals surface area (Å²) in [5.74, 6) is -1.45. The molecule has 6 nitrogen and oxygen atoms in total. The van der Waals surface area contributed by atoms with Crippen molar-refractivity contribution in [3.63, 3.8) is 0 Å². The minimum Gasteiger partial charge on any atom is -0.507 e. The maximum Gasteiger partial charge on any atom is 0.416 e. The first-order valence-electron chi connectivity index (χ1n) is 11.7. The number of ether oxygens (including phenoxy) is 2. The van der Waals surface area contributed by atoms with Crippen molar-refractivity contribution in [2.75, 3.05) is 14.2 Å². The smallest absolute Gasteiger partial charge is 0.416 e. The van der Waals surface area contributed by atoms with Gasteiger partial charge in [-0.05, 0) is 66.4 Å². The molecule has 1 heterocycles. The van der Waals surface area contributed by atoms with Gasteiger partial charge in [-0.15, -0.1) is 0 Å². The minimum atomic E-state index is -4.57. The Morgan fingerprint density at radius 2 is 1.66 bits per heavy atom. The fourth-order valence-electron chi connectivity index (χ4n) is 4.76. The summed E-state index contributed by atoms with van der Waals surface area (Å²) in [7, 11) is 2.92. The van der Waals surface area contributed by atoms with Crippen LogP contribution in [0.3, 0.4) is 0 Å². The van der Waals surface area contributed by atoms with Gasteiger partial charge in [-0.25, -0.2) is 0 Å². The molecule has 0 bridgehead atoms. The van der Waals surface area contributed by atoms with Crippen LogP contribution in [0.1, 0.15) is 39.4 Å². The Hall–Kier alpha value is -4.27. The van der Waals surface area contributed by atoms with Crippen molar-refractivity contribution < 1.29 is 37.3 Å². The number of amides is 1. The van der Waals surface area contributed by atoms with Crippen molar-refractivity contribution in [1.82, 2.24) is 4.90 Å². The molecule has 9 heteroatoms. The highest BCUT2D eigenvalue weighted by atomic mass is 19.4. The normalized spacial score (nSPS) is 17.1. The summed E-state index contributed by atoms with van der Waals surface area (Å²) in [5.41, 5.74) is 1.35. The summed E-state index contributed by atoms with van der Waals surface area (Å²) in [6.07, 6.45) is -4.57. The van der Waals surface area contributed by atoms with Crippen LogP contribution in [-0.2, 0) is 22.3 Å². The summed E-state index contributed by atoms with van der Waals surface area (Å²) in [4.78, 5) is 27.8. The standard InChI is InChI=1S/C29H26F3NO5/c1-16-12-17(2)27(38-4)22(13-16)25(34)23-24(19-8-10-21(37-3)11-9-19)33(28(36)26(23)35)15-18-6-5-7-20(14-18)29(30,31)32/h5-14,24,34H,15H2,1-4H3/b25-23+. The zero-order valence-electron chi connectivity index (χ0n) is 21.2. The predicted molar refractivity (Wildman–Crippen MR) is 135 cm³/mol. The number of likely N-dealkylation sites (tertiary alicyclic amines) is 1. The van der Waals surface area contributed by atoms with E-state index in [4.69, 9.17) is 9.47 Å². The maximum absolute atomic E-state index is 13.4. The van der Waals surface area contributed by atoms with Gasteiger partial charge in [0.1, 0.15) is 17.3 Å². The quantitative estimate of drug-likeness (QED) is 0.244. The number of aryl methyl sites for hydroxylation is 2. The minimum absolute atomic E-state index is 0.184. The van der Waals surface area contributed by atoms with E-state index in [1.54, 1.807) is 37.3 Å². The number of ketones is 1. The molecule has 1 saturated heterocycles. The summed E-state index contributed by atoms with van der Waals surface area (Å²) < 4.78 is 50.7. The first-order valence-corrected chi connectivity index (χ1v) is 11.7. The molecule has 3 aromatic carbocycles. The molecule has 0 spiro atoms. The van der Waals surface area contributed by atoms with Gasteiger partial charge >= 0.3 is 6.18 Å². The Balaban J connectivity index is 1.90. The van der Waals surface area contributed by atoms with Crippen molar-refractivity contribution in [3.05, 3.63) is 99.6 Å². The van der Waals surface area contributed by atoms with E-state index in [1.165, 1.54) is 31.3 Å². The molecule has 1 N–H and O–H groups in total. The molecule has 1 amide bonds. The van der Waals surface area contributed by atoms with E-state index in [-0.39, 0.29) is 23.2 Å². The molecular formula is C29H26F3NO5. The number of hydrogen-bond acceptors (Lipinski definition) is 5. The number of carbonyl (C=O) groups is 2. The molecule has 1 fully saturated rings. The number of halogens is 3. The van der Waals surface area contributed by atoms with Gasteiger partial charge in [-0.1, -0.05) is 30.3 Å². The molecule has 4 rings (SSSR count). The van der Waals surface area contributed by atoms with Gasteiger partial charge in [0.05, 0.1) is 37.0 Å². The number of nitrogens with zero attached hydrogens (tertiary/aromatic N) is 1. The van der Waals surface area contributed by atoms with Crippen LogP contribution in [-0.4, -0.2) is 35.9 Å². The van der Waals surface area contributed by atoms with Crippen LogP contribution in [0.2, 0.25) is 0 Å². The number of methoxy groups -OCH3 is 2. The van der Waals surface area contributed by atoms with Crippen molar-refractivity contribution in [2.24, 2.45) is 0 Å². The number of hydrogen-bond donors (Lipinski definition) is 1. The third kappa shape index (κ3) is 4.96. The third-order valence-corrected chi connectivity index (χ3v) is 6.46. The van der Waals surface area contributed by atoms with E-state index in [0.717, 1.165) is 17.7 Å². The lowest BCUT2D eigenvalue weighted by Crippen LogP contribution is -2.29. The van der Waals surface area contributed by atoms with Crippen LogP contribution in [0.15, 0.2) is 66.2 Å². The number of aliphatic hydroxyl groups is 1. The van der Waals surface area contributed by atoms with E-state index in [2.05, 4.69) is 0 Å². The molecule has 0 saturated carbocycles. The zero-order chi connectivity index (χ0) is 27.8. The second-order valence-corrected chi connectivity index (χ2v) is 9.06. The molecule has 0 aliphatic carbocycles. The molecule has 0 radical (unpaired) electrons. The van der Waals surface area contributed by atoms with Crippen LogP contribution in [0.5, 0.6) is 11.5 Å². The molecular weight excluding hydrogens is 499 g/mol. The average Bonchev–Trinajstić information content (AvgIpc) is 3.12. The zero-order valence-corrected chi connectivity index (χ0v) is 21.2. The second kappa shape index (κ2) is 10.2. The Morgan fingerprint density at radius 1 is 0.974 bits per heavy atom. The lowest BCUT2D eigenvalue weighted by molar-refractivity contribution is -0.140. The molecule has 1 aliphatic rings. The van der Waals surface area contributed by atoms with Gasteiger partial charge in [0.2, 0.25) is 0 Å². The van der Waals surface area contributed by atoms with E-state index in [0.29, 0.717) is 22.6 Å². The fourth-order valence-corrected chi connectivity index (χ4v) is 4.76. The van der Waals surface area contributed by atoms with Crippen LogP contribution >= 0.6 is 0 Å². The van der Waals surface area contributed by atoms with Crippen LogP contribution in [0.25, 0.3) is 5.76 Å². The summed E-state index contributed by atoms with van der Waals surface area (Å²) in [5, 5.41) is 11.5. The Kier molecular flexibility index (Phi) is 7.22. The maximum atomic E-state index is 13.4. The Labute approximate surface area is 217 Å². The fraction of sp³-hybridized carbons (Fsp3) is 0.241. The van der Waals surface area contributed by atoms with Gasteiger partial charge in [0, 0.05) is 6.54 Å². The lowest BCUT2D eigenvalue weighted by atomic mass is 9.93. The molecule has 38 heavy (non-hydrogen) atoms. The third-order valence-electron chi connectivity index (χ3n) is 6.46. The summed E-state index contributed by atoms with van der Waals surface area (Å²) in [6, 6.07) is 13.6. The van der Waals surface area contributed by atoms with E-state index in [9.17, 15) is 27.9 Å². The van der Waals surface area contributed by atoms with Crippen LogP contribution < -0.4 is 9.47 Å². The number of Topliss-reactive ketones (excluding diaryl/α,β-unsaturated/α-hetero) is 1. The largest absolute Gasteiger partial charge is 0.507 e. The van der Waals surface area contributed by atoms with Gasteiger partial charge in [0.15, 0.2) is 0 Å². The Bertz CT molecular complexity index is 1430. The highest BCUT2D eigenvalue weighted by molar-refractivity contribution is 6.46.